The summed E-state index contributed by atoms with van der Waals surface area (Å²) in [5, 5.41) is 16.4. The van der Waals surface area contributed by atoms with Gasteiger partial charge in [0.1, 0.15) is 5.54 Å². The number of hydrogen-bond donors (Lipinski definition) is 2. The van der Waals surface area contributed by atoms with Crippen molar-refractivity contribution in [3.05, 3.63) is 16.0 Å². The first-order valence-corrected chi connectivity index (χ1v) is 6.27. The van der Waals surface area contributed by atoms with Crippen molar-refractivity contribution in [1.29, 1.82) is 0 Å². The Balaban J connectivity index is 2.16. The standard InChI is InChI=1S/C10H14IN3O2/c1-12-10(9(15)16)3-2-8(4-10)14-6-7(11)5-13-14/h5-6,8,12H,2-4H2,1H3,(H,15,16). The van der Waals surface area contributed by atoms with Gasteiger partial charge in [-0.15, -0.1) is 0 Å². The molecule has 1 aromatic rings. The van der Waals surface area contributed by atoms with Gasteiger partial charge in [0.2, 0.25) is 0 Å². The Morgan fingerprint density at radius 1 is 1.81 bits per heavy atom. The van der Waals surface area contributed by atoms with E-state index in [4.69, 9.17) is 0 Å². The first-order chi connectivity index (χ1) is 7.57. The Morgan fingerprint density at radius 3 is 3.00 bits per heavy atom. The zero-order valence-electron chi connectivity index (χ0n) is 8.98. The molecule has 1 aliphatic carbocycles. The van der Waals surface area contributed by atoms with Gasteiger partial charge in [0, 0.05) is 6.20 Å². The third-order valence-electron chi connectivity index (χ3n) is 3.32. The lowest BCUT2D eigenvalue weighted by Crippen LogP contribution is -2.48. The van der Waals surface area contributed by atoms with Crippen LogP contribution in [-0.4, -0.2) is 33.4 Å². The van der Waals surface area contributed by atoms with Crippen molar-refractivity contribution in [2.24, 2.45) is 0 Å². The lowest BCUT2D eigenvalue weighted by atomic mass is 9.98. The van der Waals surface area contributed by atoms with Crippen LogP contribution in [0.15, 0.2) is 12.4 Å². The summed E-state index contributed by atoms with van der Waals surface area (Å²) in [6.45, 7) is 0. The first-order valence-electron chi connectivity index (χ1n) is 5.19. The minimum atomic E-state index is -0.776. The zero-order valence-corrected chi connectivity index (χ0v) is 11.1. The highest BCUT2D eigenvalue weighted by Gasteiger charge is 2.45. The fourth-order valence-corrected chi connectivity index (χ4v) is 2.70. The molecule has 1 saturated carbocycles. The second kappa shape index (κ2) is 4.33. The topological polar surface area (TPSA) is 67.2 Å². The number of halogens is 1. The number of carbonyl (C=O) groups is 1. The molecule has 2 N–H and O–H groups in total. The van der Waals surface area contributed by atoms with Crippen LogP contribution in [-0.2, 0) is 4.79 Å². The van der Waals surface area contributed by atoms with Crippen molar-refractivity contribution in [2.45, 2.75) is 30.8 Å². The number of rotatable bonds is 3. The SMILES string of the molecule is CNC1(C(=O)O)CCC(n2cc(I)cn2)C1. The summed E-state index contributed by atoms with van der Waals surface area (Å²) < 4.78 is 2.96. The molecule has 1 heterocycles. The fourth-order valence-electron chi connectivity index (χ4n) is 2.29. The third-order valence-corrected chi connectivity index (χ3v) is 3.88. The van der Waals surface area contributed by atoms with E-state index in [1.54, 1.807) is 13.2 Å². The summed E-state index contributed by atoms with van der Waals surface area (Å²) >= 11 is 2.20. The fraction of sp³-hybridized carbons (Fsp3) is 0.600. The maximum absolute atomic E-state index is 11.2. The summed E-state index contributed by atoms with van der Waals surface area (Å²) in [4.78, 5) is 11.2. The molecule has 0 spiro atoms. The van der Waals surface area contributed by atoms with Crippen molar-refractivity contribution < 1.29 is 9.90 Å². The summed E-state index contributed by atoms with van der Waals surface area (Å²) in [7, 11) is 1.71. The smallest absolute Gasteiger partial charge is 0.323 e. The number of likely N-dealkylation sites (N-methyl/N-ethyl adjacent to an activating group) is 1. The van der Waals surface area contributed by atoms with E-state index in [9.17, 15) is 9.90 Å². The number of aromatic nitrogens is 2. The van der Waals surface area contributed by atoms with E-state index in [-0.39, 0.29) is 6.04 Å². The highest BCUT2D eigenvalue weighted by Crippen LogP contribution is 2.37. The second-order valence-corrected chi connectivity index (χ2v) is 5.42. The van der Waals surface area contributed by atoms with Crippen molar-refractivity contribution in [3.63, 3.8) is 0 Å². The van der Waals surface area contributed by atoms with Crippen LogP contribution in [0, 0.1) is 3.57 Å². The zero-order chi connectivity index (χ0) is 11.8. The van der Waals surface area contributed by atoms with Crippen LogP contribution in [0.3, 0.4) is 0 Å². The Labute approximate surface area is 107 Å². The molecule has 2 atom stereocenters. The Bertz CT molecular complexity index is 407. The Morgan fingerprint density at radius 2 is 2.56 bits per heavy atom. The van der Waals surface area contributed by atoms with Gasteiger partial charge in [-0.1, -0.05) is 0 Å². The predicted molar refractivity (Wildman–Crippen MR) is 67.3 cm³/mol. The van der Waals surface area contributed by atoms with Crippen LogP contribution in [0.25, 0.3) is 0 Å². The number of nitrogens with zero attached hydrogens (tertiary/aromatic N) is 2. The van der Waals surface area contributed by atoms with Crippen molar-refractivity contribution in [1.82, 2.24) is 15.1 Å². The Hall–Kier alpha value is -0.630. The van der Waals surface area contributed by atoms with Crippen LogP contribution in [0.2, 0.25) is 0 Å². The van der Waals surface area contributed by atoms with E-state index in [1.165, 1.54) is 0 Å². The Kier molecular flexibility index (Phi) is 3.20. The monoisotopic (exact) mass is 335 g/mol. The van der Waals surface area contributed by atoms with Crippen molar-refractivity contribution in [3.8, 4) is 0 Å². The average molecular weight is 335 g/mol. The number of carboxylic acid groups (broad SMARTS) is 1. The van der Waals surface area contributed by atoms with Gasteiger partial charge >= 0.3 is 5.97 Å². The minimum Gasteiger partial charge on any atom is -0.480 e. The average Bonchev–Trinajstić information content (AvgIpc) is 2.84. The molecule has 0 saturated heterocycles. The largest absolute Gasteiger partial charge is 0.480 e. The molecule has 1 fully saturated rings. The minimum absolute atomic E-state index is 0.187. The van der Waals surface area contributed by atoms with Crippen LogP contribution >= 0.6 is 22.6 Å². The molecule has 88 valence electrons. The maximum atomic E-state index is 11.2. The van der Waals surface area contributed by atoms with Gasteiger partial charge in [0.15, 0.2) is 0 Å². The van der Waals surface area contributed by atoms with Crippen molar-refractivity contribution in [2.75, 3.05) is 7.05 Å². The molecule has 0 aliphatic heterocycles. The van der Waals surface area contributed by atoms with E-state index in [0.717, 1.165) is 9.99 Å². The van der Waals surface area contributed by atoms with Gasteiger partial charge < -0.3 is 10.4 Å². The molecular formula is C10H14IN3O2. The lowest BCUT2D eigenvalue weighted by Gasteiger charge is -2.23. The molecule has 2 rings (SSSR count). The predicted octanol–water partition coefficient (Wildman–Crippen LogP) is 1.26. The van der Waals surface area contributed by atoms with E-state index in [2.05, 4.69) is 33.0 Å². The van der Waals surface area contributed by atoms with Crippen LogP contribution in [0.5, 0.6) is 0 Å². The molecule has 0 bridgehead atoms. The first kappa shape index (κ1) is 11.8. The van der Waals surface area contributed by atoms with Gasteiger partial charge in [-0.25, -0.2) is 0 Å². The van der Waals surface area contributed by atoms with E-state index in [1.807, 2.05) is 10.9 Å². The summed E-state index contributed by atoms with van der Waals surface area (Å²) in [5.74, 6) is -0.764. The second-order valence-electron chi connectivity index (χ2n) is 4.17. The summed E-state index contributed by atoms with van der Waals surface area (Å²) in [5.41, 5.74) is -0.776. The lowest BCUT2D eigenvalue weighted by molar-refractivity contribution is -0.144. The molecule has 0 radical (unpaired) electrons. The summed E-state index contributed by atoms with van der Waals surface area (Å²) in [6.07, 6.45) is 5.85. The summed E-state index contributed by atoms with van der Waals surface area (Å²) in [6, 6.07) is 0.187. The van der Waals surface area contributed by atoms with E-state index >= 15 is 0 Å². The molecule has 0 amide bonds. The quantitative estimate of drug-likeness (QED) is 0.816. The number of nitrogens with one attached hydrogen (secondary N) is 1. The van der Waals surface area contributed by atoms with Crippen LogP contribution in [0.1, 0.15) is 25.3 Å². The van der Waals surface area contributed by atoms with Gasteiger partial charge in [-0.2, -0.15) is 5.10 Å². The third kappa shape index (κ3) is 1.95. The van der Waals surface area contributed by atoms with Gasteiger partial charge in [-0.3, -0.25) is 9.48 Å². The molecule has 0 aromatic carbocycles. The van der Waals surface area contributed by atoms with E-state index in [0.29, 0.717) is 12.8 Å². The molecule has 6 heteroatoms. The van der Waals surface area contributed by atoms with Gasteiger partial charge in [0.25, 0.3) is 0 Å². The molecule has 16 heavy (non-hydrogen) atoms. The number of aliphatic carboxylic acids is 1. The van der Waals surface area contributed by atoms with E-state index < -0.39 is 11.5 Å². The van der Waals surface area contributed by atoms with Crippen molar-refractivity contribution >= 4 is 28.6 Å². The van der Waals surface area contributed by atoms with Crippen LogP contribution < -0.4 is 5.32 Å². The van der Waals surface area contributed by atoms with Gasteiger partial charge in [-0.05, 0) is 48.9 Å². The number of carboxylic acids is 1. The normalized spacial score (nSPS) is 29.5. The van der Waals surface area contributed by atoms with Crippen LogP contribution in [0.4, 0.5) is 0 Å². The molecule has 1 aliphatic rings. The molecular weight excluding hydrogens is 321 g/mol. The molecule has 5 nitrogen and oxygen atoms in total. The molecule has 1 aromatic heterocycles. The highest BCUT2D eigenvalue weighted by molar-refractivity contribution is 14.1. The highest BCUT2D eigenvalue weighted by atomic mass is 127. The maximum Gasteiger partial charge on any atom is 0.323 e. The molecule has 2 unspecified atom stereocenters. The van der Waals surface area contributed by atoms with Gasteiger partial charge in [0.05, 0.1) is 15.8 Å². The number of hydrogen-bond acceptors (Lipinski definition) is 3.